The Kier molecular flexibility index (Phi) is 9.74. The number of hydrogen-bond donors (Lipinski definition) is 2. The highest BCUT2D eigenvalue weighted by Gasteiger charge is 2.28. The highest BCUT2D eigenvalue weighted by molar-refractivity contribution is 6.35. The van der Waals surface area contributed by atoms with E-state index in [-0.39, 0.29) is 49.2 Å². The normalized spacial score (nSPS) is 13.4. The summed E-state index contributed by atoms with van der Waals surface area (Å²) in [5, 5.41) is 4.91. The molecule has 11 heteroatoms. The lowest BCUT2D eigenvalue weighted by Crippen LogP contribution is -2.48. The summed E-state index contributed by atoms with van der Waals surface area (Å²) in [5.41, 5.74) is 2.19. The number of carbonyl (C=O) groups is 2. The molecule has 0 radical (unpaired) electrons. The molecular weight excluding hydrogens is 535 g/mol. The Hall–Kier alpha value is -3.33. The van der Waals surface area contributed by atoms with Crippen LogP contribution in [0.3, 0.4) is 0 Å². The molecule has 1 aliphatic heterocycles. The quantitative estimate of drug-likeness (QED) is 0.337. The summed E-state index contributed by atoms with van der Waals surface area (Å²) >= 11 is 6.18. The topological polar surface area (TPSA) is 94.2 Å². The minimum Gasteiger partial charge on any atom is -0.381 e. The SMILES string of the molecule is Cl.Cl.O=C(CN(C(=O)c1ccc2c(Cl)c[nH]c2c1)c1ccccn1)N1CCC(Nc2cccnc2)CC1. The second-order valence-corrected chi connectivity index (χ2v) is 8.92. The Balaban J connectivity index is 0.00000190. The molecule has 8 nitrogen and oxygen atoms in total. The molecule has 1 fully saturated rings. The summed E-state index contributed by atoms with van der Waals surface area (Å²) in [6, 6.07) is 14.7. The van der Waals surface area contributed by atoms with Gasteiger partial charge in [0, 0.05) is 60.4 Å². The molecule has 0 saturated carbocycles. The number of anilines is 2. The first kappa shape index (κ1) is 28.2. The third-order valence-corrected chi connectivity index (χ3v) is 6.54. The number of piperidine rings is 1. The highest BCUT2D eigenvalue weighted by Crippen LogP contribution is 2.25. The van der Waals surface area contributed by atoms with Crippen LogP contribution in [0.2, 0.25) is 5.02 Å². The molecule has 4 aromatic rings. The lowest BCUT2D eigenvalue weighted by Gasteiger charge is -2.34. The summed E-state index contributed by atoms with van der Waals surface area (Å²) in [7, 11) is 0. The number of aromatic nitrogens is 3. The van der Waals surface area contributed by atoms with Crippen molar-refractivity contribution in [2.24, 2.45) is 0 Å². The van der Waals surface area contributed by atoms with E-state index in [1.807, 2.05) is 17.0 Å². The molecule has 5 rings (SSSR count). The van der Waals surface area contributed by atoms with E-state index in [2.05, 4.69) is 20.3 Å². The lowest BCUT2D eigenvalue weighted by atomic mass is 10.0. The molecule has 37 heavy (non-hydrogen) atoms. The fraction of sp³-hybridized carbons (Fsp3) is 0.231. The Morgan fingerprint density at radius 2 is 1.89 bits per heavy atom. The number of rotatable bonds is 6. The van der Waals surface area contributed by atoms with Crippen molar-refractivity contribution in [1.82, 2.24) is 19.9 Å². The maximum absolute atomic E-state index is 13.5. The summed E-state index contributed by atoms with van der Waals surface area (Å²) in [6.45, 7) is 1.15. The Morgan fingerprint density at radius 1 is 1.08 bits per heavy atom. The van der Waals surface area contributed by atoms with Gasteiger partial charge in [0.15, 0.2) is 0 Å². The van der Waals surface area contributed by atoms with Crippen LogP contribution < -0.4 is 10.2 Å². The number of H-pyrrole nitrogens is 1. The van der Waals surface area contributed by atoms with Crippen LogP contribution in [-0.4, -0.2) is 57.3 Å². The van der Waals surface area contributed by atoms with Gasteiger partial charge >= 0.3 is 0 Å². The molecule has 0 aliphatic carbocycles. The minimum atomic E-state index is -0.294. The smallest absolute Gasteiger partial charge is 0.259 e. The van der Waals surface area contributed by atoms with Gasteiger partial charge in [-0.05, 0) is 49.2 Å². The number of amides is 2. The number of benzene rings is 1. The number of halogens is 3. The van der Waals surface area contributed by atoms with Gasteiger partial charge in [-0.1, -0.05) is 23.7 Å². The molecule has 1 aromatic carbocycles. The maximum atomic E-state index is 13.5. The number of aromatic amines is 1. The number of hydrogen-bond acceptors (Lipinski definition) is 5. The van der Waals surface area contributed by atoms with Crippen molar-refractivity contribution in [3.8, 4) is 0 Å². The molecule has 0 bridgehead atoms. The first-order valence-electron chi connectivity index (χ1n) is 11.5. The van der Waals surface area contributed by atoms with Gasteiger partial charge in [0.25, 0.3) is 5.91 Å². The number of nitrogens with zero attached hydrogens (tertiary/aromatic N) is 4. The lowest BCUT2D eigenvalue weighted by molar-refractivity contribution is -0.130. The second kappa shape index (κ2) is 12.8. The van der Waals surface area contributed by atoms with Crippen LogP contribution in [0.25, 0.3) is 10.9 Å². The maximum Gasteiger partial charge on any atom is 0.259 e. The van der Waals surface area contributed by atoms with Crippen molar-refractivity contribution < 1.29 is 9.59 Å². The third kappa shape index (κ3) is 6.52. The van der Waals surface area contributed by atoms with Crippen molar-refractivity contribution in [1.29, 1.82) is 0 Å². The zero-order valence-corrected chi connectivity index (χ0v) is 22.2. The van der Waals surface area contributed by atoms with Crippen LogP contribution in [0.15, 0.2) is 73.3 Å². The zero-order valence-electron chi connectivity index (χ0n) is 19.8. The van der Waals surface area contributed by atoms with Gasteiger partial charge in [0.2, 0.25) is 5.91 Å². The van der Waals surface area contributed by atoms with Crippen LogP contribution in [0, 0.1) is 0 Å². The zero-order chi connectivity index (χ0) is 24.2. The second-order valence-electron chi connectivity index (χ2n) is 8.52. The molecule has 194 valence electrons. The van der Waals surface area contributed by atoms with Crippen LogP contribution in [0.5, 0.6) is 0 Å². The van der Waals surface area contributed by atoms with Gasteiger partial charge in [-0.15, -0.1) is 24.8 Å². The van der Waals surface area contributed by atoms with Crippen LogP contribution >= 0.6 is 36.4 Å². The summed E-state index contributed by atoms with van der Waals surface area (Å²) in [6.07, 6.45) is 8.49. The highest BCUT2D eigenvalue weighted by atomic mass is 35.5. The monoisotopic (exact) mass is 560 g/mol. The minimum absolute atomic E-state index is 0. The van der Waals surface area contributed by atoms with Gasteiger partial charge in [0.1, 0.15) is 12.4 Å². The van der Waals surface area contributed by atoms with E-state index < -0.39 is 0 Å². The van der Waals surface area contributed by atoms with Gasteiger partial charge in [-0.25, -0.2) is 4.98 Å². The van der Waals surface area contributed by atoms with Crippen molar-refractivity contribution >= 4 is 70.6 Å². The largest absolute Gasteiger partial charge is 0.381 e. The third-order valence-electron chi connectivity index (χ3n) is 6.22. The van der Waals surface area contributed by atoms with E-state index in [0.29, 0.717) is 29.5 Å². The average Bonchev–Trinajstić information content (AvgIpc) is 3.28. The first-order chi connectivity index (χ1) is 17.1. The molecular formula is C26H27Cl3N6O2. The van der Waals surface area contributed by atoms with Crippen LogP contribution in [0.1, 0.15) is 23.2 Å². The van der Waals surface area contributed by atoms with E-state index in [4.69, 9.17) is 11.6 Å². The fourth-order valence-electron chi connectivity index (χ4n) is 4.34. The van der Waals surface area contributed by atoms with Crippen LogP contribution in [0.4, 0.5) is 11.5 Å². The van der Waals surface area contributed by atoms with Crippen molar-refractivity contribution in [2.75, 3.05) is 29.9 Å². The predicted molar refractivity (Wildman–Crippen MR) is 151 cm³/mol. The fourth-order valence-corrected chi connectivity index (χ4v) is 4.56. The van der Waals surface area contributed by atoms with Gasteiger partial charge in [0.05, 0.1) is 10.7 Å². The Labute approximate surface area is 232 Å². The van der Waals surface area contributed by atoms with E-state index >= 15 is 0 Å². The van der Waals surface area contributed by atoms with Gasteiger partial charge in [-0.3, -0.25) is 19.5 Å². The molecule has 0 atom stereocenters. The first-order valence-corrected chi connectivity index (χ1v) is 11.9. The Morgan fingerprint density at radius 3 is 2.59 bits per heavy atom. The average molecular weight is 562 g/mol. The van der Waals surface area contributed by atoms with Crippen molar-refractivity contribution in [2.45, 2.75) is 18.9 Å². The van der Waals surface area contributed by atoms with E-state index in [1.54, 1.807) is 61.2 Å². The number of likely N-dealkylation sites (tertiary alicyclic amines) is 1. The molecule has 4 heterocycles. The molecule has 1 aliphatic rings. The van der Waals surface area contributed by atoms with E-state index in [0.717, 1.165) is 29.4 Å². The molecule has 2 N–H and O–H groups in total. The number of fused-ring (bicyclic) bond motifs is 1. The van der Waals surface area contributed by atoms with E-state index in [9.17, 15) is 9.59 Å². The summed E-state index contributed by atoms with van der Waals surface area (Å²) in [4.78, 5) is 41.6. The number of nitrogens with one attached hydrogen (secondary N) is 2. The summed E-state index contributed by atoms with van der Waals surface area (Å²) in [5.74, 6) is 0.0363. The molecule has 2 amide bonds. The van der Waals surface area contributed by atoms with E-state index in [1.165, 1.54) is 4.90 Å². The number of pyridine rings is 2. The van der Waals surface area contributed by atoms with Crippen LogP contribution in [-0.2, 0) is 4.79 Å². The molecule has 0 unspecified atom stereocenters. The Bertz CT molecular complexity index is 1330. The van der Waals surface area contributed by atoms with Crippen molar-refractivity contribution in [3.05, 3.63) is 83.9 Å². The molecule has 0 spiro atoms. The number of carbonyl (C=O) groups excluding carboxylic acids is 2. The summed E-state index contributed by atoms with van der Waals surface area (Å²) < 4.78 is 0. The molecule has 1 saturated heterocycles. The van der Waals surface area contributed by atoms with Gasteiger partial charge in [-0.2, -0.15) is 0 Å². The predicted octanol–water partition coefficient (Wildman–Crippen LogP) is 5.20. The van der Waals surface area contributed by atoms with Gasteiger partial charge < -0.3 is 15.2 Å². The standard InChI is InChI=1S/C26H25ClN6O2.2ClH/c27-22-16-30-23-14-18(6-7-21(22)23)26(35)33(24-5-1-2-11-29-24)17-25(34)32-12-8-19(9-13-32)31-20-4-3-10-28-15-20;;/h1-7,10-11,14-16,19,30-31H,8-9,12-13,17H2;2*1H. The van der Waals surface area contributed by atoms with Crippen molar-refractivity contribution in [3.63, 3.8) is 0 Å². The molecule has 3 aromatic heterocycles.